The van der Waals surface area contributed by atoms with Gasteiger partial charge >= 0.3 is 0 Å². The lowest BCUT2D eigenvalue weighted by atomic mass is 10.1. The maximum atomic E-state index is 13.0. The second-order valence-corrected chi connectivity index (χ2v) is 9.55. The quantitative estimate of drug-likeness (QED) is 0.504. The summed E-state index contributed by atoms with van der Waals surface area (Å²) in [6.45, 7) is 2.28. The minimum Gasteiger partial charge on any atom is -0.339 e. The van der Waals surface area contributed by atoms with Gasteiger partial charge in [-0.3, -0.25) is 19.0 Å². The molecule has 2 aromatic carbocycles. The highest BCUT2D eigenvalue weighted by Crippen LogP contribution is 2.35. The topological polar surface area (TPSA) is 75.5 Å². The highest BCUT2D eigenvalue weighted by Gasteiger charge is 2.29. The van der Waals surface area contributed by atoms with E-state index >= 15 is 0 Å². The Morgan fingerprint density at radius 2 is 1.43 bits per heavy atom. The second-order valence-electron chi connectivity index (χ2n) is 9.55. The van der Waals surface area contributed by atoms with Crippen LogP contribution in [0.1, 0.15) is 49.5 Å². The number of carbonyl (C=O) groups is 2. The summed E-state index contributed by atoms with van der Waals surface area (Å²) in [5.41, 5.74) is 1.94. The number of piperazine rings is 1. The molecular weight excluding hydrogens is 440 g/mol. The largest absolute Gasteiger partial charge is 0.339 e. The van der Waals surface area contributed by atoms with Gasteiger partial charge in [0, 0.05) is 51.5 Å². The molecule has 1 aliphatic heterocycles. The number of carbonyl (C=O) groups excluding carboxylic acids is 2. The lowest BCUT2D eigenvalue weighted by molar-refractivity contribution is -0.139. The van der Waals surface area contributed by atoms with Crippen LogP contribution in [-0.4, -0.2) is 57.3 Å². The van der Waals surface area contributed by atoms with E-state index in [1.165, 1.54) is 5.56 Å². The lowest BCUT2D eigenvalue weighted by Gasteiger charge is -2.35. The SMILES string of the molecule is O=C(CCCc1ccccc1)N1CCN(C(=O)CCc2nc3ccccc3c(=O)n2C2CC2)CC1. The normalized spacial score (nSPS) is 16.0. The molecule has 182 valence electrons. The van der Waals surface area contributed by atoms with Crippen molar-refractivity contribution in [3.05, 3.63) is 76.3 Å². The maximum absolute atomic E-state index is 13.0. The summed E-state index contributed by atoms with van der Waals surface area (Å²) in [5.74, 6) is 0.935. The summed E-state index contributed by atoms with van der Waals surface area (Å²) < 4.78 is 1.81. The van der Waals surface area contributed by atoms with Gasteiger partial charge < -0.3 is 9.80 Å². The molecular formula is C28H32N4O3. The third kappa shape index (κ3) is 5.45. The lowest BCUT2D eigenvalue weighted by Crippen LogP contribution is -2.50. The Balaban J connectivity index is 1.12. The highest BCUT2D eigenvalue weighted by molar-refractivity contribution is 5.79. The van der Waals surface area contributed by atoms with E-state index in [9.17, 15) is 14.4 Å². The molecule has 1 saturated heterocycles. The van der Waals surface area contributed by atoms with E-state index in [0.717, 1.165) is 25.7 Å². The number of fused-ring (bicyclic) bond motifs is 1. The molecule has 35 heavy (non-hydrogen) atoms. The van der Waals surface area contributed by atoms with Crippen LogP contribution in [0.5, 0.6) is 0 Å². The van der Waals surface area contributed by atoms with Gasteiger partial charge in [0.25, 0.3) is 5.56 Å². The van der Waals surface area contributed by atoms with Gasteiger partial charge in [0.1, 0.15) is 5.82 Å². The predicted octanol–water partition coefficient (Wildman–Crippen LogP) is 3.36. The predicted molar refractivity (Wildman–Crippen MR) is 135 cm³/mol. The van der Waals surface area contributed by atoms with Gasteiger partial charge in [-0.2, -0.15) is 0 Å². The Morgan fingerprint density at radius 1 is 0.800 bits per heavy atom. The van der Waals surface area contributed by atoms with E-state index < -0.39 is 0 Å². The smallest absolute Gasteiger partial charge is 0.261 e. The Kier molecular flexibility index (Phi) is 6.93. The van der Waals surface area contributed by atoms with Gasteiger partial charge in [-0.05, 0) is 43.4 Å². The van der Waals surface area contributed by atoms with Crippen LogP contribution in [0.25, 0.3) is 10.9 Å². The summed E-state index contributed by atoms with van der Waals surface area (Å²) >= 11 is 0. The van der Waals surface area contributed by atoms with Crippen LogP contribution >= 0.6 is 0 Å². The molecule has 1 aromatic heterocycles. The van der Waals surface area contributed by atoms with Crippen LogP contribution in [0, 0.1) is 0 Å². The first-order valence-electron chi connectivity index (χ1n) is 12.7. The number of hydrogen-bond donors (Lipinski definition) is 0. The van der Waals surface area contributed by atoms with Crippen LogP contribution in [-0.2, 0) is 22.4 Å². The molecule has 7 nitrogen and oxygen atoms in total. The number of benzene rings is 2. The van der Waals surface area contributed by atoms with Crippen molar-refractivity contribution in [2.75, 3.05) is 26.2 Å². The van der Waals surface area contributed by atoms with Crippen molar-refractivity contribution < 1.29 is 9.59 Å². The van der Waals surface area contributed by atoms with Crippen molar-refractivity contribution in [3.63, 3.8) is 0 Å². The number of aryl methyl sites for hydroxylation is 2. The zero-order chi connectivity index (χ0) is 24.2. The first-order chi connectivity index (χ1) is 17.1. The fourth-order valence-electron chi connectivity index (χ4n) is 4.91. The standard InChI is InChI=1S/C28H32N4O3/c33-26(12-6-9-21-7-2-1-3-8-21)30-17-19-31(20-18-30)27(34)16-15-25-29-24-11-5-4-10-23(24)28(35)32(25)22-13-14-22/h1-5,7-8,10-11,22H,6,9,12-20H2. The molecule has 0 N–H and O–H groups in total. The fraction of sp³-hybridized carbons (Fsp3) is 0.429. The molecule has 0 atom stereocenters. The molecule has 1 saturated carbocycles. The molecule has 1 aliphatic carbocycles. The summed E-state index contributed by atoms with van der Waals surface area (Å²) in [6, 6.07) is 17.9. The maximum Gasteiger partial charge on any atom is 0.261 e. The molecule has 0 unspecified atom stereocenters. The van der Waals surface area contributed by atoms with Crippen LogP contribution in [0.15, 0.2) is 59.4 Å². The second kappa shape index (κ2) is 10.4. The fourth-order valence-corrected chi connectivity index (χ4v) is 4.91. The van der Waals surface area contributed by atoms with Crippen LogP contribution in [0.3, 0.4) is 0 Å². The Bertz CT molecular complexity index is 1260. The molecule has 2 amide bonds. The zero-order valence-corrected chi connectivity index (χ0v) is 20.1. The number of hydrogen-bond acceptors (Lipinski definition) is 4. The molecule has 2 aliphatic rings. The summed E-state index contributed by atoms with van der Waals surface area (Å²) in [7, 11) is 0. The van der Waals surface area contributed by atoms with Crippen LogP contribution in [0.2, 0.25) is 0 Å². The van der Waals surface area contributed by atoms with Crippen molar-refractivity contribution in [2.45, 2.75) is 51.0 Å². The van der Waals surface area contributed by atoms with Gasteiger partial charge in [0.2, 0.25) is 11.8 Å². The first-order valence-corrected chi connectivity index (χ1v) is 12.7. The van der Waals surface area contributed by atoms with Crippen LogP contribution < -0.4 is 5.56 Å². The highest BCUT2D eigenvalue weighted by atomic mass is 16.2. The summed E-state index contributed by atoms with van der Waals surface area (Å²) in [4.78, 5) is 47.0. The van der Waals surface area contributed by atoms with Gasteiger partial charge in [-0.15, -0.1) is 0 Å². The van der Waals surface area contributed by atoms with E-state index in [1.807, 2.05) is 56.8 Å². The van der Waals surface area contributed by atoms with Crippen molar-refractivity contribution in [1.29, 1.82) is 0 Å². The van der Waals surface area contributed by atoms with E-state index in [2.05, 4.69) is 12.1 Å². The number of amides is 2. The van der Waals surface area contributed by atoms with Gasteiger partial charge in [-0.25, -0.2) is 4.98 Å². The van der Waals surface area contributed by atoms with Gasteiger partial charge in [-0.1, -0.05) is 42.5 Å². The van der Waals surface area contributed by atoms with Crippen LogP contribution in [0.4, 0.5) is 0 Å². The monoisotopic (exact) mass is 472 g/mol. The van der Waals surface area contributed by atoms with Gasteiger partial charge in [0.05, 0.1) is 10.9 Å². The summed E-state index contributed by atoms with van der Waals surface area (Å²) in [6.07, 6.45) is 5.03. The minimum atomic E-state index is -0.0000556. The van der Waals surface area contributed by atoms with E-state index in [0.29, 0.717) is 62.2 Å². The third-order valence-corrected chi connectivity index (χ3v) is 7.04. The van der Waals surface area contributed by atoms with Gasteiger partial charge in [0.15, 0.2) is 0 Å². The molecule has 3 aromatic rings. The van der Waals surface area contributed by atoms with E-state index in [1.54, 1.807) is 0 Å². The zero-order valence-electron chi connectivity index (χ0n) is 20.1. The average molecular weight is 473 g/mol. The van der Waals surface area contributed by atoms with Crippen molar-refractivity contribution >= 4 is 22.7 Å². The molecule has 5 rings (SSSR count). The average Bonchev–Trinajstić information content (AvgIpc) is 3.73. The van der Waals surface area contributed by atoms with Crippen molar-refractivity contribution in [1.82, 2.24) is 19.4 Å². The number of nitrogens with zero attached hydrogens (tertiary/aromatic N) is 4. The molecule has 2 heterocycles. The minimum absolute atomic E-state index is 0.0000556. The molecule has 0 bridgehead atoms. The Hall–Kier alpha value is -3.48. The molecule has 0 radical (unpaired) electrons. The number of rotatable bonds is 8. The molecule has 2 fully saturated rings. The summed E-state index contributed by atoms with van der Waals surface area (Å²) in [5, 5.41) is 0.638. The number of aromatic nitrogens is 2. The Morgan fingerprint density at radius 3 is 2.11 bits per heavy atom. The van der Waals surface area contributed by atoms with Crippen molar-refractivity contribution in [3.8, 4) is 0 Å². The third-order valence-electron chi connectivity index (χ3n) is 7.04. The Labute approximate surface area is 205 Å². The van der Waals surface area contributed by atoms with Crippen molar-refractivity contribution in [2.24, 2.45) is 0 Å². The first kappa shape index (κ1) is 23.3. The van der Waals surface area contributed by atoms with E-state index in [4.69, 9.17) is 4.98 Å². The van der Waals surface area contributed by atoms with E-state index in [-0.39, 0.29) is 23.4 Å². The molecule has 7 heteroatoms. The molecule has 0 spiro atoms. The number of para-hydroxylation sites is 1.